The second-order valence-electron chi connectivity index (χ2n) is 12.2. The molecule has 1 saturated carbocycles. The molecule has 1 unspecified atom stereocenters. The van der Waals surface area contributed by atoms with Crippen molar-refractivity contribution in [3.63, 3.8) is 0 Å². The first-order chi connectivity index (χ1) is 14.8. The molecule has 0 amide bonds. The lowest BCUT2D eigenvalue weighted by molar-refractivity contribution is -0.230. The average Bonchev–Trinajstić information content (AvgIpc) is 3.47. The molecule has 2 bridgehead atoms. The van der Waals surface area contributed by atoms with E-state index in [1.54, 1.807) is 0 Å². The van der Waals surface area contributed by atoms with Crippen molar-refractivity contribution in [3.05, 3.63) is 11.6 Å². The number of esters is 1. The maximum absolute atomic E-state index is 12.7. The number of aliphatic hydroxyl groups excluding tert-OH is 1. The molecule has 1 spiro atoms. The van der Waals surface area contributed by atoms with Crippen LogP contribution in [-0.2, 0) is 23.4 Å². The minimum atomic E-state index is -1.81. The smallest absolute Gasteiger partial charge is 0.305 e. The predicted molar refractivity (Wildman–Crippen MR) is 125 cm³/mol. The number of carbonyl (C=O) groups excluding carboxylic acids is 1. The van der Waals surface area contributed by atoms with Crippen molar-refractivity contribution in [1.29, 1.82) is 0 Å². The van der Waals surface area contributed by atoms with Crippen molar-refractivity contribution in [2.75, 3.05) is 19.8 Å². The largest absolute Gasteiger partial charge is 0.465 e. The Morgan fingerprint density at radius 2 is 2.03 bits per heavy atom. The number of aliphatic hydroxyl groups is 1. The zero-order valence-electron chi connectivity index (χ0n) is 21.0. The summed E-state index contributed by atoms with van der Waals surface area (Å²) in [6.07, 6.45) is 4.74. The molecule has 32 heavy (non-hydrogen) atoms. The number of ether oxygens (including phenoxy) is 3. The van der Waals surface area contributed by atoms with Gasteiger partial charge in [-0.1, -0.05) is 39.3 Å². The van der Waals surface area contributed by atoms with E-state index in [0.717, 1.165) is 12.8 Å². The fourth-order valence-corrected chi connectivity index (χ4v) is 7.13. The minimum Gasteiger partial charge on any atom is -0.465 e. The highest BCUT2D eigenvalue weighted by Gasteiger charge is 2.81. The Hall–Kier alpha value is -0.733. The number of carbonyl (C=O) groups is 1. The summed E-state index contributed by atoms with van der Waals surface area (Å²) in [7, 11) is -1.81. The van der Waals surface area contributed by atoms with Gasteiger partial charge in [0.05, 0.1) is 24.9 Å². The van der Waals surface area contributed by atoms with Gasteiger partial charge in [-0.3, -0.25) is 4.79 Å². The van der Waals surface area contributed by atoms with Gasteiger partial charge in [0.15, 0.2) is 8.32 Å². The van der Waals surface area contributed by atoms with Gasteiger partial charge >= 0.3 is 5.97 Å². The molecule has 6 nitrogen and oxygen atoms in total. The summed E-state index contributed by atoms with van der Waals surface area (Å²) >= 11 is 0. The van der Waals surface area contributed by atoms with Crippen molar-refractivity contribution in [2.24, 2.45) is 10.8 Å². The van der Waals surface area contributed by atoms with Gasteiger partial charge in [0, 0.05) is 30.3 Å². The zero-order chi connectivity index (χ0) is 23.6. The molecule has 2 heterocycles. The standard InChI is InChI=1S/C25H42O6Si/c1-17-10-11-24(15-28-21(27)9-8-12-30-32(6,7)22(2,3)4)19(13-17)31-20-14-18(26)23(24,5)25(20)16-29-25/h13,18-20,26H,8-12,14-16H2,1-7H3/t18-,19+,20+,23+,24+,25?/m1/s1. The maximum Gasteiger partial charge on any atom is 0.305 e. The van der Waals surface area contributed by atoms with E-state index in [1.165, 1.54) is 5.57 Å². The molecule has 0 radical (unpaired) electrons. The van der Waals surface area contributed by atoms with Gasteiger partial charge in [0.25, 0.3) is 0 Å². The molecule has 1 N–H and O–H groups in total. The summed E-state index contributed by atoms with van der Waals surface area (Å²) in [5, 5.41) is 11.3. The highest BCUT2D eigenvalue weighted by molar-refractivity contribution is 6.74. The SMILES string of the molecule is CC1=C[C@@H]2O[C@H]3C[C@@H](O)[C@](C)(C34CO4)[C@]2(COC(=O)CCCO[Si](C)(C)C(C)(C)C)CC1. The third kappa shape index (κ3) is 3.54. The molecule has 2 aliphatic heterocycles. The topological polar surface area (TPSA) is 77.5 Å². The van der Waals surface area contributed by atoms with E-state index >= 15 is 0 Å². The highest BCUT2D eigenvalue weighted by atomic mass is 28.4. The Morgan fingerprint density at radius 1 is 1.34 bits per heavy atom. The van der Waals surface area contributed by atoms with Crippen LogP contribution >= 0.6 is 0 Å². The van der Waals surface area contributed by atoms with Crippen LogP contribution in [0, 0.1) is 10.8 Å². The van der Waals surface area contributed by atoms with E-state index in [2.05, 4.69) is 53.8 Å². The van der Waals surface area contributed by atoms with E-state index in [0.29, 0.717) is 32.5 Å². The van der Waals surface area contributed by atoms with Gasteiger partial charge in [-0.2, -0.15) is 0 Å². The lowest BCUT2D eigenvalue weighted by atomic mass is 9.51. The van der Waals surface area contributed by atoms with Gasteiger partial charge in [-0.05, 0) is 44.3 Å². The van der Waals surface area contributed by atoms with Gasteiger partial charge < -0.3 is 23.7 Å². The van der Waals surface area contributed by atoms with Crippen molar-refractivity contribution in [3.8, 4) is 0 Å². The first-order valence-corrected chi connectivity index (χ1v) is 15.1. The number of hydrogen-bond donors (Lipinski definition) is 1. The van der Waals surface area contributed by atoms with Gasteiger partial charge in [0.1, 0.15) is 12.2 Å². The second-order valence-corrected chi connectivity index (χ2v) is 17.0. The van der Waals surface area contributed by atoms with Crippen LogP contribution in [0.15, 0.2) is 11.6 Å². The summed E-state index contributed by atoms with van der Waals surface area (Å²) in [6.45, 7) is 16.8. The third-order valence-electron chi connectivity index (χ3n) is 9.53. The Morgan fingerprint density at radius 3 is 2.66 bits per heavy atom. The van der Waals surface area contributed by atoms with Crippen molar-refractivity contribution in [2.45, 2.75) is 109 Å². The molecule has 3 fully saturated rings. The first-order valence-electron chi connectivity index (χ1n) is 12.2. The highest BCUT2D eigenvalue weighted by Crippen LogP contribution is 2.71. The van der Waals surface area contributed by atoms with Gasteiger partial charge in [-0.25, -0.2) is 0 Å². The minimum absolute atomic E-state index is 0.0917. The van der Waals surface area contributed by atoms with Crippen LogP contribution in [0.2, 0.25) is 18.1 Å². The van der Waals surface area contributed by atoms with Crippen LogP contribution < -0.4 is 0 Å². The molecule has 4 aliphatic rings. The molecule has 0 aromatic carbocycles. The molecule has 7 heteroatoms. The Bertz CT molecular complexity index is 782. The van der Waals surface area contributed by atoms with Crippen LogP contribution in [0.4, 0.5) is 0 Å². The zero-order valence-corrected chi connectivity index (χ0v) is 22.0. The number of rotatable bonds is 7. The number of hydrogen-bond acceptors (Lipinski definition) is 6. The van der Waals surface area contributed by atoms with Crippen molar-refractivity contribution >= 4 is 14.3 Å². The van der Waals surface area contributed by atoms with E-state index in [9.17, 15) is 9.90 Å². The lowest BCUT2D eigenvalue weighted by Crippen LogP contribution is -2.66. The second kappa shape index (κ2) is 7.91. The molecular formula is C25H42O6Si. The van der Waals surface area contributed by atoms with Crippen molar-refractivity contribution < 1.29 is 28.5 Å². The van der Waals surface area contributed by atoms with Crippen LogP contribution in [0.25, 0.3) is 0 Å². The monoisotopic (exact) mass is 466 g/mol. The summed E-state index contributed by atoms with van der Waals surface area (Å²) in [5.41, 5.74) is -0.102. The normalized spacial score (nSPS) is 40.8. The quantitative estimate of drug-likeness (QED) is 0.197. The van der Waals surface area contributed by atoms with E-state index < -0.39 is 30.9 Å². The van der Waals surface area contributed by atoms with E-state index in [1.807, 2.05) is 0 Å². The molecular weight excluding hydrogens is 424 g/mol. The summed E-state index contributed by atoms with van der Waals surface area (Å²) in [5.74, 6) is -0.202. The number of allylic oxidation sites excluding steroid dienone is 1. The molecule has 6 atom stereocenters. The van der Waals surface area contributed by atoms with Crippen molar-refractivity contribution in [1.82, 2.24) is 0 Å². The Kier molecular flexibility index (Phi) is 6.03. The molecule has 2 aliphatic carbocycles. The number of epoxide rings is 1. The summed E-state index contributed by atoms with van der Waals surface area (Å²) < 4.78 is 24.6. The van der Waals surface area contributed by atoms with Crippen LogP contribution in [0.3, 0.4) is 0 Å². The van der Waals surface area contributed by atoms with Crippen LogP contribution in [0.5, 0.6) is 0 Å². The molecule has 4 rings (SSSR count). The lowest BCUT2D eigenvalue weighted by Gasteiger charge is -2.58. The van der Waals surface area contributed by atoms with Crippen LogP contribution in [-0.4, -0.2) is 63.1 Å². The van der Waals surface area contributed by atoms with Gasteiger partial charge in [-0.15, -0.1) is 0 Å². The summed E-state index contributed by atoms with van der Waals surface area (Å²) in [4.78, 5) is 12.7. The van der Waals surface area contributed by atoms with Gasteiger partial charge in [0.2, 0.25) is 0 Å². The fourth-order valence-electron chi connectivity index (χ4n) is 6.04. The molecule has 2 saturated heterocycles. The average molecular weight is 467 g/mol. The van der Waals surface area contributed by atoms with E-state index in [-0.39, 0.29) is 29.8 Å². The molecule has 182 valence electrons. The fraction of sp³-hybridized carbons (Fsp3) is 0.880. The molecule has 0 aromatic rings. The number of fused-ring (bicyclic) bond motifs is 2. The first kappa shape index (κ1) is 24.4. The van der Waals surface area contributed by atoms with Crippen LogP contribution in [0.1, 0.15) is 66.7 Å². The van der Waals surface area contributed by atoms with E-state index in [4.69, 9.17) is 18.6 Å². The third-order valence-corrected chi connectivity index (χ3v) is 14.1. The molecule has 0 aromatic heterocycles. The Balaban J connectivity index is 1.40. The Labute approximate surface area is 194 Å². The maximum atomic E-state index is 12.7. The predicted octanol–water partition coefficient (Wildman–Crippen LogP) is 4.37. The summed E-state index contributed by atoms with van der Waals surface area (Å²) in [6, 6.07) is 0.